The quantitative estimate of drug-likeness (QED) is 0.173. The van der Waals surface area contributed by atoms with Crippen LogP contribution in [0.15, 0.2) is 52.3 Å². The summed E-state index contributed by atoms with van der Waals surface area (Å²) in [4.78, 5) is -0.703. The second kappa shape index (κ2) is 17.5. The Morgan fingerprint density at radius 3 is 1.69 bits per heavy atom. The van der Waals surface area contributed by atoms with E-state index < -0.39 is 25.1 Å². The van der Waals surface area contributed by atoms with E-state index in [2.05, 4.69) is 6.92 Å². The Kier molecular flexibility index (Phi) is 17.6. The Hall–Kier alpha value is 0.0600. The molecule has 0 aliphatic heterocycles. The number of rotatable bonds is 15. The van der Waals surface area contributed by atoms with E-state index >= 15 is 0 Å². The molecule has 7 nitrogen and oxygen atoms in total. The zero-order valence-corrected chi connectivity index (χ0v) is 26.6. The predicted molar refractivity (Wildman–Crippen MR) is 124 cm³/mol. The third-order valence-corrected chi connectivity index (χ3v) is 7.25. The van der Waals surface area contributed by atoms with Crippen LogP contribution in [0.3, 0.4) is 0 Å². The van der Waals surface area contributed by atoms with E-state index in [1.807, 2.05) is 0 Å². The monoisotopic (exact) mass is 542 g/mol. The van der Waals surface area contributed by atoms with Crippen molar-refractivity contribution in [2.75, 3.05) is 0 Å². The van der Waals surface area contributed by atoms with Gasteiger partial charge in [-0.15, -0.1) is 0 Å². The Labute approximate surface area is 254 Å². The van der Waals surface area contributed by atoms with E-state index in [1.165, 1.54) is 62.8 Å². The van der Waals surface area contributed by atoms with Gasteiger partial charge in [0.05, 0.1) is 9.79 Å². The van der Waals surface area contributed by atoms with Crippen LogP contribution >= 0.6 is 0 Å². The van der Waals surface area contributed by atoms with E-state index in [-0.39, 0.29) is 75.5 Å². The van der Waals surface area contributed by atoms with E-state index in [0.717, 1.165) is 31.4 Å². The molecule has 0 fully saturated rings. The van der Waals surface area contributed by atoms with Crippen LogP contribution in [0.5, 0.6) is 11.5 Å². The normalized spacial score (nSPS) is 11.4. The summed E-state index contributed by atoms with van der Waals surface area (Å²) in [7, 11) is -9.27. The van der Waals surface area contributed by atoms with Gasteiger partial charge in [0.15, 0.2) is 0 Å². The Balaban J connectivity index is 0.00000578. The van der Waals surface area contributed by atoms with Crippen LogP contribution in [-0.2, 0) is 26.7 Å². The predicted octanol–water partition coefficient (Wildman–Crippen LogP) is -0.241. The molecule has 2 rings (SSSR count). The molecule has 0 saturated heterocycles. The molecule has 0 spiro atoms. The summed E-state index contributed by atoms with van der Waals surface area (Å²) in [6.07, 6.45) is 11.7. The number of ether oxygens (including phenoxy) is 1. The third kappa shape index (κ3) is 12.9. The molecule has 0 saturated carbocycles. The zero-order valence-electron chi connectivity index (χ0n) is 21.0. The van der Waals surface area contributed by atoms with Crippen LogP contribution in [0.4, 0.5) is 0 Å². The van der Waals surface area contributed by atoms with Crippen molar-refractivity contribution in [3.8, 4) is 11.5 Å². The maximum Gasteiger partial charge on any atom is 1.00 e. The van der Waals surface area contributed by atoms with E-state index in [4.69, 9.17) is 4.74 Å². The van der Waals surface area contributed by atoms with Crippen molar-refractivity contribution in [2.24, 2.45) is 0 Å². The van der Waals surface area contributed by atoms with Gasteiger partial charge in [0.2, 0.25) is 0 Å². The first-order valence-electron chi connectivity index (χ1n) is 11.4. The van der Waals surface area contributed by atoms with Gasteiger partial charge in [-0.2, -0.15) is 0 Å². The van der Waals surface area contributed by atoms with E-state index in [0.29, 0.717) is 18.4 Å². The van der Waals surface area contributed by atoms with Gasteiger partial charge in [-0.3, -0.25) is 0 Å². The summed E-state index contributed by atoms with van der Waals surface area (Å²) in [6, 6.07) is 9.13. The zero-order chi connectivity index (χ0) is 24.3. The molecule has 0 N–H and O–H groups in total. The smallest absolute Gasteiger partial charge is 0.744 e. The second-order valence-electron chi connectivity index (χ2n) is 8.15. The van der Waals surface area contributed by atoms with Crippen LogP contribution in [0, 0.1) is 0 Å². The number of hydrogen-bond acceptors (Lipinski definition) is 7. The van der Waals surface area contributed by atoms with Crippen LogP contribution in [0.25, 0.3) is 0 Å². The molecule has 0 aliphatic rings. The standard InChI is InChI=1S/C24H34O7S2.2Na/c1-2-3-4-5-6-7-8-9-10-11-13-22-23(14-12-15-24(22)33(28,29)30)31-20-16-18-21(19-17-20)32(25,26)27;;/h12,14-19H,2-11,13H2,1H3,(H,25,26,27)(H,28,29,30);;/q;2*+1/p-2. The van der Waals surface area contributed by atoms with E-state index in [1.54, 1.807) is 6.07 Å². The summed E-state index contributed by atoms with van der Waals surface area (Å²) < 4.78 is 74.4. The molecule has 35 heavy (non-hydrogen) atoms. The van der Waals surface area contributed by atoms with Crippen LogP contribution in [0.2, 0.25) is 0 Å². The van der Waals surface area contributed by atoms with Crippen LogP contribution < -0.4 is 63.9 Å². The molecule has 11 heteroatoms. The van der Waals surface area contributed by atoms with Gasteiger partial charge in [0.1, 0.15) is 31.7 Å². The fourth-order valence-corrected chi connectivity index (χ4v) is 4.93. The number of benzene rings is 2. The van der Waals surface area contributed by atoms with Gasteiger partial charge in [-0.25, -0.2) is 16.8 Å². The Bertz CT molecular complexity index is 1090. The second-order valence-corrected chi connectivity index (χ2v) is 10.9. The maximum atomic E-state index is 11.8. The van der Waals surface area contributed by atoms with Crippen molar-refractivity contribution in [3.63, 3.8) is 0 Å². The first kappa shape index (κ1) is 35.1. The molecule has 0 heterocycles. The summed E-state index contributed by atoms with van der Waals surface area (Å²) >= 11 is 0. The molecule has 2 aromatic rings. The third-order valence-electron chi connectivity index (χ3n) is 5.48. The first-order chi connectivity index (χ1) is 15.6. The van der Waals surface area contributed by atoms with Crippen molar-refractivity contribution in [1.82, 2.24) is 0 Å². The minimum Gasteiger partial charge on any atom is -0.744 e. The van der Waals surface area contributed by atoms with Crippen LogP contribution in [0.1, 0.15) is 76.7 Å². The van der Waals surface area contributed by atoms with Crippen LogP contribution in [-0.4, -0.2) is 25.9 Å². The molecule has 0 aromatic heterocycles. The average molecular weight is 543 g/mol. The molecule has 0 bridgehead atoms. The fourth-order valence-electron chi connectivity index (χ4n) is 3.71. The van der Waals surface area contributed by atoms with Gasteiger partial charge in [0, 0.05) is 5.56 Å². The first-order valence-corrected chi connectivity index (χ1v) is 14.3. The van der Waals surface area contributed by atoms with Gasteiger partial charge in [-0.1, -0.05) is 70.8 Å². The molecule has 184 valence electrons. The Morgan fingerprint density at radius 1 is 0.686 bits per heavy atom. The van der Waals surface area contributed by atoms with Gasteiger partial charge >= 0.3 is 59.1 Å². The summed E-state index contributed by atoms with van der Waals surface area (Å²) in [5.41, 5.74) is 0.313. The van der Waals surface area contributed by atoms with Crippen molar-refractivity contribution >= 4 is 20.2 Å². The van der Waals surface area contributed by atoms with Gasteiger partial charge in [0.25, 0.3) is 0 Å². The molecule has 2 aromatic carbocycles. The Morgan fingerprint density at radius 2 is 1.20 bits per heavy atom. The molecular weight excluding hydrogens is 510 g/mol. The minimum atomic E-state index is -4.69. The SMILES string of the molecule is CCCCCCCCCCCCc1c(Oc2ccc(S(=O)(=O)[O-])cc2)cccc1S(=O)(=O)[O-].[Na+].[Na+]. The van der Waals surface area contributed by atoms with Crippen molar-refractivity contribution in [3.05, 3.63) is 48.0 Å². The summed E-state index contributed by atoms with van der Waals surface area (Å²) in [6.45, 7) is 2.20. The number of hydrogen-bond donors (Lipinski definition) is 0. The topological polar surface area (TPSA) is 124 Å². The molecular formula is C24H32Na2O7S2. The average Bonchev–Trinajstić information content (AvgIpc) is 2.75. The van der Waals surface area contributed by atoms with Crippen molar-refractivity contribution < 1.29 is 89.8 Å². The minimum absolute atomic E-state index is 0. The number of unbranched alkanes of at least 4 members (excludes halogenated alkanes) is 9. The summed E-state index contributed by atoms with van der Waals surface area (Å²) in [5, 5.41) is 0. The molecule has 0 unspecified atom stereocenters. The maximum absolute atomic E-state index is 11.8. The van der Waals surface area contributed by atoms with E-state index in [9.17, 15) is 25.9 Å². The molecule has 0 atom stereocenters. The summed E-state index contributed by atoms with van der Waals surface area (Å²) in [5.74, 6) is 0.452. The molecule has 0 amide bonds. The van der Waals surface area contributed by atoms with Crippen molar-refractivity contribution in [2.45, 2.75) is 87.3 Å². The fraction of sp³-hybridized carbons (Fsp3) is 0.500. The molecule has 0 radical (unpaired) electrons. The largest absolute Gasteiger partial charge is 1.00 e. The van der Waals surface area contributed by atoms with Crippen molar-refractivity contribution in [1.29, 1.82) is 0 Å². The van der Waals surface area contributed by atoms with Gasteiger partial charge < -0.3 is 13.8 Å². The van der Waals surface area contributed by atoms with Gasteiger partial charge in [-0.05, 0) is 49.2 Å². The molecule has 0 aliphatic carbocycles.